The van der Waals surface area contributed by atoms with Gasteiger partial charge < -0.3 is 9.84 Å². The SMILES string of the molecule is CC1(c2ccc(Cl)cc2Cl)NC(=O)N(Cc2cc(-c3ccccc3)on2)C1=O. The van der Waals surface area contributed by atoms with Gasteiger partial charge in [0.05, 0.1) is 6.54 Å². The van der Waals surface area contributed by atoms with Crippen molar-refractivity contribution in [2.75, 3.05) is 0 Å². The summed E-state index contributed by atoms with van der Waals surface area (Å²) in [6.45, 7) is 1.60. The third kappa shape index (κ3) is 3.15. The summed E-state index contributed by atoms with van der Waals surface area (Å²) in [6.07, 6.45) is 0. The second kappa shape index (κ2) is 6.96. The first-order chi connectivity index (χ1) is 13.4. The molecule has 1 aliphatic heterocycles. The molecule has 1 saturated heterocycles. The number of hydrogen-bond donors (Lipinski definition) is 1. The lowest BCUT2D eigenvalue weighted by Crippen LogP contribution is -2.41. The van der Waals surface area contributed by atoms with Gasteiger partial charge in [0.25, 0.3) is 5.91 Å². The number of nitrogens with one attached hydrogen (secondary N) is 1. The zero-order chi connectivity index (χ0) is 19.9. The van der Waals surface area contributed by atoms with Gasteiger partial charge in [0, 0.05) is 27.2 Å². The van der Waals surface area contributed by atoms with Crippen molar-refractivity contribution in [3.05, 3.63) is 75.9 Å². The molecule has 2 heterocycles. The van der Waals surface area contributed by atoms with Gasteiger partial charge in [0.1, 0.15) is 11.2 Å². The van der Waals surface area contributed by atoms with Crippen LogP contribution in [-0.2, 0) is 16.9 Å². The molecule has 3 amide bonds. The molecule has 0 saturated carbocycles. The second-order valence-corrected chi connectivity index (χ2v) is 7.46. The Kier molecular flexibility index (Phi) is 4.61. The normalized spacial score (nSPS) is 19.2. The zero-order valence-electron chi connectivity index (χ0n) is 14.8. The number of imide groups is 1. The number of benzene rings is 2. The van der Waals surface area contributed by atoms with Crippen LogP contribution < -0.4 is 5.32 Å². The van der Waals surface area contributed by atoms with Crippen LogP contribution in [0.3, 0.4) is 0 Å². The number of hydrogen-bond acceptors (Lipinski definition) is 4. The zero-order valence-corrected chi connectivity index (χ0v) is 16.3. The molecular weight excluding hydrogens is 401 g/mol. The van der Waals surface area contributed by atoms with Gasteiger partial charge in [-0.15, -0.1) is 0 Å². The monoisotopic (exact) mass is 415 g/mol. The van der Waals surface area contributed by atoms with E-state index >= 15 is 0 Å². The van der Waals surface area contributed by atoms with E-state index in [0.717, 1.165) is 10.5 Å². The lowest BCUT2D eigenvalue weighted by Gasteiger charge is -2.23. The molecule has 142 valence electrons. The highest BCUT2D eigenvalue weighted by atomic mass is 35.5. The summed E-state index contributed by atoms with van der Waals surface area (Å²) in [5.74, 6) is 0.136. The molecule has 8 heteroatoms. The highest BCUT2D eigenvalue weighted by Gasteiger charge is 2.50. The van der Waals surface area contributed by atoms with Gasteiger partial charge >= 0.3 is 6.03 Å². The van der Waals surface area contributed by atoms with Gasteiger partial charge in [-0.3, -0.25) is 9.69 Å². The molecule has 1 unspecified atom stereocenters. The third-order valence-corrected chi connectivity index (χ3v) is 5.23. The van der Waals surface area contributed by atoms with Crippen LogP contribution >= 0.6 is 23.2 Å². The Morgan fingerprint density at radius 1 is 1.11 bits per heavy atom. The molecule has 1 aromatic heterocycles. The van der Waals surface area contributed by atoms with Gasteiger partial charge in [-0.05, 0) is 19.1 Å². The fourth-order valence-electron chi connectivity index (χ4n) is 3.20. The summed E-state index contributed by atoms with van der Waals surface area (Å²) in [5, 5.41) is 7.45. The number of amides is 3. The van der Waals surface area contributed by atoms with Gasteiger partial charge in [0.15, 0.2) is 5.76 Å². The van der Waals surface area contributed by atoms with E-state index in [0.29, 0.717) is 27.1 Å². The molecular formula is C20H15Cl2N3O3. The summed E-state index contributed by atoms with van der Waals surface area (Å²) in [6, 6.07) is 15.4. The molecule has 1 N–H and O–H groups in total. The standard InChI is InChI=1S/C20H15Cl2N3O3/c1-20(15-8-7-13(21)9-16(15)22)18(26)25(19(27)23-20)11-14-10-17(28-24-14)12-5-3-2-4-6-12/h2-10H,11H2,1H3,(H,23,27). The number of carbonyl (C=O) groups is 2. The van der Waals surface area contributed by atoms with Gasteiger partial charge in [-0.2, -0.15) is 0 Å². The first-order valence-electron chi connectivity index (χ1n) is 8.49. The highest BCUT2D eigenvalue weighted by molar-refractivity contribution is 6.35. The lowest BCUT2D eigenvalue weighted by atomic mass is 9.92. The van der Waals surface area contributed by atoms with Crippen LogP contribution in [0.15, 0.2) is 59.1 Å². The van der Waals surface area contributed by atoms with Crippen molar-refractivity contribution in [1.82, 2.24) is 15.4 Å². The van der Waals surface area contributed by atoms with Crippen molar-refractivity contribution in [3.8, 4) is 11.3 Å². The van der Waals surface area contributed by atoms with E-state index in [1.807, 2.05) is 30.3 Å². The van der Waals surface area contributed by atoms with E-state index in [9.17, 15) is 9.59 Å². The molecule has 2 aromatic carbocycles. The number of nitrogens with zero attached hydrogens (tertiary/aromatic N) is 2. The minimum absolute atomic E-state index is 0.0121. The molecule has 0 spiro atoms. The fraction of sp³-hybridized carbons (Fsp3) is 0.150. The van der Waals surface area contributed by atoms with Crippen LogP contribution in [0.4, 0.5) is 4.79 Å². The Bertz CT molecular complexity index is 1070. The molecule has 1 aliphatic rings. The van der Waals surface area contributed by atoms with Crippen molar-refractivity contribution >= 4 is 35.1 Å². The molecule has 1 atom stereocenters. The Balaban J connectivity index is 1.59. The molecule has 1 fully saturated rings. The first-order valence-corrected chi connectivity index (χ1v) is 9.25. The minimum Gasteiger partial charge on any atom is -0.356 e. The van der Waals surface area contributed by atoms with Crippen LogP contribution in [0.5, 0.6) is 0 Å². The van der Waals surface area contributed by atoms with Crippen molar-refractivity contribution in [3.63, 3.8) is 0 Å². The van der Waals surface area contributed by atoms with Crippen LogP contribution in [-0.4, -0.2) is 22.0 Å². The Labute approximate surface area is 171 Å². The maximum atomic E-state index is 13.0. The Hall–Kier alpha value is -2.83. The average Bonchev–Trinajstić information content (AvgIpc) is 3.22. The number of urea groups is 1. The fourth-order valence-corrected chi connectivity index (χ4v) is 3.80. The predicted molar refractivity (Wildman–Crippen MR) is 105 cm³/mol. The summed E-state index contributed by atoms with van der Waals surface area (Å²) in [5.41, 5.74) is 0.514. The quantitative estimate of drug-likeness (QED) is 0.630. The number of rotatable bonds is 4. The van der Waals surface area contributed by atoms with E-state index in [-0.39, 0.29) is 6.54 Å². The predicted octanol–water partition coefficient (Wildman–Crippen LogP) is 4.62. The maximum absolute atomic E-state index is 13.0. The minimum atomic E-state index is -1.29. The smallest absolute Gasteiger partial charge is 0.325 e. The van der Waals surface area contributed by atoms with E-state index in [1.54, 1.807) is 25.1 Å². The Morgan fingerprint density at radius 3 is 2.57 bits per heavy atom. The second-order valence-electron chi connectivity index (χ2n) is 6.62. The van der Waals surface area contributed by atoms with Crippen LogP contribution in [0, 0.1) is 0 Å². The van der Waals surface area contributed by atoms with Crippen molar-refractivity contribution in [1.29, 1.82) is 0 Å². The van der Waals surface area contributed by atoms with E-state index in [4.69, 9.17) is 27.7 Å². The lowest BCUT2D eigenvalue weighted by molar-refractivity contribution is -0.131. The van der Waals surface area contributed by atoms with E-state index in [2.05, 4.69) is 10.5 Å². The summed E-state index contributed by atoms with van der Waals surface area (Å²) in [4.78, 5) is 26.6. The largest absolute Gasteiger partial charge is 0.356 e. The van der Waals surface area contributed by atoms with Gasteiger partial charge in [-0.25, -0.2) is 4.79 Å². The van der Waals surface area contributed by atoms with E-state index < -0.39 is 17.5 Å². The topological polar surface area (TPSA) is 75.4 Å². The molecule has 4 rings (SSSR count). The van der Waals surface area contributed by atoms with Gasteiger partial charge in [-0.1, -0.05) is 64.8 Å². The molecule has 3 aromatic rings. The van der Waals surface area contributed by atoms with Crippen molar-refractivity contribution < 1.29 is 14.1 Å². The molecule has 28 heavy (non-hydrogen) atoms. The molecule has 6 nitrogen and oxygen atoms in total. The molecule has 0 aliphatic carbocycles. The van der Waals surface area contributed by atoms with Crippen LogP contribution in [0.25, 0.3) is 11.3 Å². The van der Waals surface area contributed by atoms with Crippen molar-refractivity contribution in [2.45, 2.75) is 19.0 Å². The average molecular weight is 416 g/mol. The van der Waals surface area contributed by atoms with Crippen molar-refractivity contribution in [2.24, 2.45) is 0 Å². The highest BCUT2D eigenvalue weighted by Crippen LogP contribution is 2.35. The summed E-state index contributed by atoms with van der Waals surface area (Å²) in [7, 11) is 0. The number of carbonyl (C=O) groups excluding carboxylic acids is 2. The first kappa shape index (κ1) is 18.5. The number of aromatic nitrogens is 1. The van der Waals surface area contributed by atoms with Gasteiger partial charge in [0.2, 0.25) is 0 Å². The summed E-state index contributed by atoms with van der Waals surface area (Å²) < 4.78 is 5.34. The molecule has 0 radical (unpaired) electrons. The Morgan fingerprint density at radius 2 is 1.86 bits per heavy atom. The third-order valence-electron chi connectivity index (χ3n) is 4.68. The molecule has 0 bridgehead atoms. The number of halogens is 2. The van der Waals surface area contributed by atoms with Crippen LogP contribution in [0.2, 0.25) is 10.0 Å². The van der Waals surface area contributed by atoms with Crippen LogP contribution in [0.1, 0.15) is 18.2 Å². The summed E-state index contributed by atoms with van der Waals surface area (Å²) >= 11 is 12.2. The maximum Gasteiger partial charge on any atom is 0.325 e. The van der Waals surface area contributed by atoms with E-state index in [1.165, 1.54) is 6.07 Å².